The van der Waals surface area contributed by atoms with Crippen LogP contribution in [0.25, 0.3) is 0 Å². The third-order valence-electron chi connectivity index (χ3n) is 3.95. The average molecular weight is 220 g/mol. The first-order valence-electron chi connectivity index (χ1n) is 5.96. The minimum Gasteiger partial charge on any atom is -0.360 e. The highest BCUT2D eigenvalue weighted by molar-refractivity contribution is 5.92. The Labute approximate surface area is 94.4 Å². The van der Waals surface area contributed by atoms with Crippen molar-refractivity contribution in [1.82, 2.24) is 5.16 Å². The lowest BCUT2D eigenvalue weighted by Gasteiger charge is -2.19. The third kappa shape index (κ3) is 1.62. The summed E-state index contributed by atoms with van der Waals surface area (Å²) in [6.07, 6.45) is 4.85. The molecule has 0 aliphatic heterocycles. The fourth-order valence-electron chi connectivity index (χ4n) is 3.21. The standard InChI is InChI=1S/C12H16N2O2/c1-7-4-11(14-16-7)13-12(15)10-6-8-2-3-9(10)5-8/h4,8-10H,2-3,5-6H2,1H3,(H,13,14,15)/t8-,9+,10+/m1/s1. The molecule has 1 N–H and O–H groups in total. The van der Waals surface area contributed by atoms with E-state index in [4.69, 9.17) is 4.52 Å². The summed E-state index contributed by atoms with van der Waals surface area (Å²) in [6.45, 7) is 1.82. The molecular weight excluding hydrogens is 204 g/mol. The van der Waals surface area contributed by atoms with Gasteiger partial charge in [-0.2, -0.15) is 0 Å². The minimum absolute atomic E-state index is 0.125. The molecule has 1 heterocycles. The van der Waals surface area contributed by atoms with Gasteiger partial charge in [0.2, 0.25) is 5.91 Å². The van der Waals surface area contributed by atoms with Crippen LogP contribution in [-0.4, -0.2) is 11.1 Å². The predicted molar refractivity (Wildman–Crippen MR) is 58.8 cm³/mol. The molecule has 0 aromatic carbocycles. The van der Waals surface area contributed by atoms with Gasteiger partial charge in [-0.05, 0) is 38.0 Å². The molecular formula is C12H16N2O2. The molecule has 4 nitrogen and oxygen atoms in total. The van der Waals surface area contributed by atoms with Crippen molar-refractivity contribution < 1.29 is 9.32 Å². The molecule has 0 saturated heterocycles. The number of anilines is 1. The maximum absolute atomic E-state index is 12.0. The van der Waals surface area contributed by atoms with Crippen molar-refractivity contribution >= 4 is 11.7 Å². The molecule has 4 heteroatoms. The number of hydrogen-bond donors (Lipinski definition) is 1. The van der Waals surface area contributed by atoms with E-state index in [1.165, 1.54) is 19.3 Å². The number of carbonyl (C=O) groups is 1. The summed E-state index contributed by atoms with van der Waals surface area (Å²) in [5.41, 5.74) is 0. The Balaban J connectivity index is 1.65. The first kappa shape index (κ1) is 9.87. The van der Waals surface area contributed by atoms with Crippen LogP contribution in [0.15, 0.2) is 10.6 Å². The number of nitrogens with one attached hydrogen (secondary N) is 1. The summed E-state index contributed by atoms with van der Waals surface area (Å²) in [6, 6.07) is 1.76. The van der Waals surface area contributed by atoms with E-state index in [1.54, 1.807) is 6.07 Å². The molecule has 1 aromatic heterocycles. The average Bonchev–Trinajstić information content (AvgIpc) is 2.93. The number of amides is 1. The molecule has 0 unspecified atom stereocenters. The first-order valence-corrected chi connectivity index (χ1v) is 5.96. The van der Waals surface area contributed by atoms with Crippen molar-refractivity contribution in [2.75, 3.05) is 5.32 Å². The summed E-state index contributed by atoms with van der Waals surface area (Å²) in [5.74, 6) is 3.00. The van der Waals surface area contributed by atoms with Crippen molar-refractivity contribution in [2.45, 2.75) is 32.6 Å². The Hall–Kier alpha value is -1.32. The summed E-state index contributed by atoms with van der Waals surface area (Å²) in [5, 5.41) is 6.63. The third-order valence-corrected chi connectivity index (χ3v) is 3.95. The fraction of sp³-hybridized carbons (Fsp3) is 0.667. The maximum atomic E-state index is 12.0. The summed E-state index contributed by atoms with van der Waals surface area (Å²) in [4.78, 5) is 12.0. The maximum Gasteiger partial charge on any atom is 0.229 e. The second-order valence-corrected chi connectivity index (χ2v) is 5.09. The molecule has 2 bridgehead atoms. The van der Waals surface area contributed by atoms with Crippen LogP contribution in [0, 0.1) is 24.7 Å². The van der Waals surface area contributed by atoms with Crippen molar-refractivity contribution in [2.24, 2.45) is 17.8 Å². The summed E-state index contributed by atoms with van der Waals surface area (Å²) < 4.78 is 4.93. The van der Waals surface area contributed by atoms with Gasteiger partial charge >= 0.3 is 0 Å². The number of aryl methyl sites for hydroxylation is 1. The largest absolute Gasteiger partial charge is 0.360 e. The van der Waals surface area contributed by atoms with E-state index in [2.05, 4.69) is 10.5 Å². The van der Waals surface area contributed by atoms with E-state index < -0.39 is 0 Å². The molecule has 0 spiro atoms. The number of carbonyl (C=O) groups excluding carboxylic acids is 1. The van der Waals surface area contributed by atoms with Gasteiger partial charge < -0.3 is 9.84 Å². The highest BCUT2D eigenvalue weighted by atomic mass is 16.5. The van der Waals surface area contributed by atoms with Crippen LogP contribution < -0.4 is 5.32 Å². The monoisotopic (exact) mass is 220 g/mol. The molecule has 16 heavy (non-hydrogen) atoms. The molecule has 2 fully saturated rings. The predicted octanol–water partition coefficient (Wildman–Crippen LogP) is 2.36. The van der Waals surface area contributed by atoms with Crippen molar-refractivity contribution in [1.29, 1.82) is 0 Å². The van der Waals surface area contributed by atoms with Gasteiger partial charge in [-0.3, -0.25) is 4.79 Å². The minimum atomic E-state index is 0.125. The normalized spacial score (nSPS) is 31.9. The number of fused-ring (bicyclic) bond motifs is 2. The van der Waals surface area contributed by atoms with E-state index in [-0.39, 0.29) is 11.8 Å². The second kappa shape index (κ2) is 3.61. The van der Waals surface area contributed by atoms with E-state index in [0.29, 0.717) is 11.7 Å². The van der Waals surface area contributed by atoms with Crippen molar-refractivity contribution in [3.8, 4) is 0 Å². The highest BCUT2D eigenvalue weighted by Gasteiger charge is 2.43. The van der Waals surface area contributed by atoms with Crippen LogP contribution in [-0.2, 0) is 4.79 Å². The van der Waals surface area contributed by atoms with Crippen molar-refractivity contribution in [3.05, 3.63) is 11.8 Å². The smallest absolute Gasteiger partial charge is 0.229 e. The van der Waals surface area contributed by atoms with Crippen LogP contribution in [0.2, 0.25) is 0 Å². The zero-order valence-electron chi connectivity index (χ0n) is 9.40. The van der Waals surface area contributed by atoms with Crippen LogP contribution in [0.4, 0.5) is 5.82 Å². The molecule has 3 atom stereocenters. The quantitative estimate of drug-likeness (QED) is 0.832. The molecule has 2 aliphatic rings. The SMILES string of the molecule is Cc1cc(NC(=O)[C@H]2C[C@@H]3CC[C@H]2C3)no1. The molecule has 1 aromatic rings. The van der Waals surface area contributed by atoms with Gasteiger partial charge in [-0.15, -0.1) is 0 Å². The van der Waals surface area contributed by atoms with Gasteiger partial charge in [-0.25, -0.2) is 0 Å². The zero-order valence-corrected chi connectivity index (χ0v) is 9.40. The molecule has 2 saturated carbocycles. The van der Waals surface area contributed by atoms with Crippen LogP contribution >= 0.6 is 0 Å². The summed E-state index contributed by atoms with van der Waals surface area (Å²) >= 11 is 0. The van der Waals surface area contributed by atoms with Crippen molar-refractivity contribution in [3.63, 3.8) is 0 Å². The highest BCUT2D eigenvalue weighted by Crippen LogP contribution is 2.48. The van der Waals surface area contributed by atoms with Gasteiger partial charge in [-0.1, -0.05) is 11.6 Å². The molecule has 0 radical (unpaired) electrons. The fourth-order valence-corrected chi connectivity index (χ4v) is 3.21. The number of rotatable bonds is 2. The van der Waals surface area contributed by atoms with Crippen LogP contribution in [0.3, 0.4) is 0 Å². The summed E-state index contributed by atoms with van der Waals surface area (Å²) in [7, 11) is 0. The number of aromatic nitrogens is 1. The Kier molecular flexibility index (Phi) is 2.23. The Morgan fingerprint density at radius 2 is 2.38 bits per heavy atom. The number of hydrogen-bond acceptors (Lipinski definition) is 3. The Morgan fingerprint density at radius 1 is 1.50 bits per heavy atom. The lowest BCUT2D eigenvalue weighted by Crippen LogP contribution is -2.27. The molecule has 1 amide bonds. The van der Waals surface area contributed by atoms with E-state index in [9.17, 15) is 4.79 Å². The van der Waals surface area contributed by atoms with Gasteiger partial charge in [0.05, 0.1) is 0 Å². The van der Waals surface area contributed by atoms with E-state index >= 15 is 0 Å². The van der Waals surface area contributed by atoms with Gasteiger partial charge in [0, 0.05) is 12.0 Å². The topological polar surface area (TPSA) is 55.1 Å². The Bertz CT molecular complexity index is 413. The van der Waals surface area contributed by atoms with Gasteiger partial charge in [0.25, 0.3) is 0 Å². The van der Waals surface area contributed by atoms with E-state index in [1.807, 2.05) is 6.92 Å². The Morgan fingerprint density at radius 3 is 2.94 bits per heavy atom. The van der Waals surface area contributed by atoms with E-state index in [0.717, 1.165) is 18.1 Å². The number of nitrogens with zero attached hydrogens (tertiary/aromatic N) is 1. The van der Waals surface area contributed by atoms with Gasteiger partial charge in [0.1, 0.15) is 5.76 Å². The first-order chi connectivity index (χ1) is 7.72. The van der Waals surface area contributed by atoms with Crippen LogP contribution in [0.1, 0.15) is 31.4 Å². The van der Waals surface area contributed by atoms with Gasteiger partial charge in [0.15, 0.2) is 5.82 Å². The van der Waals surface area contributed by atoms with Crippen LogP contribution in [0.5, 0.6) is 0 Å². The lowest BCUT2D eigenvalue weighted by atomic mass is 9.88. The zero-order chi connectivity index (χ0) is 11.1. The molecule has 3 rings (SSSR count). The molecule has 86 valence electrons. The molecule has 2 aliphatic carbocycles. The second-order valence-electron chi connectivity index (χ2n) is 5.09. The lowest BCUT2D eigenvalue weighted by molar-refractivity contribution is -0.121.